The van der Waals surface area contributed by atoms with Crippen molar-refractivity contribution in [2.45, 2.75) is 34.3 Å². The first-order valence-corrected chi connectivity index (χ1v) is 9.44. The van der Waals surface area contributed by atoms with Crippen molar-refractivity contribution in [3.63, 3.8) is 0 Å². The van der Waals surface area contributed by atoms with Gasteiger partial charge in [-0.15, -0.1) is 24.0 Å². The molecule has 0 bridgehead atoms. The van der Waals surface area contributed by atoms with Gasteiger partial charge in [0, 0.05) is 32.1 Å². The Morgan fingerprint density at radius 3 is 2.37 bits per heavy atom. The summed E-state index contributed by atoms with van der Waals surface area (Å²) in [7, 11) is 0. The lowest BCUT2D eigenvalue weighted by Gasteiger charge is -2.14. The van der Waals surface area contributed by atoms with Crippen LogP contribution in [0.2, 0.25) is 0 Å². The Hall–Kier alpha value is -1.35. The highest BCUT2D eigenvalue weighted by atomic mass is 127. The molecule has 1 unspecified atom stereocenters. The number of carbonyl (C=O) groups excluding carboxylic acids is 1. The van der Waals surface area contributed by atoms with E-state index in [1.54, 1.807) is 0 Å². The van der Waals surface area contributed by atoms with E-state index >= 15 is 0 Å². The second-order valence-corrected chi connectivity index (χ2v) is 6.70. The zero-order valence-electron chi connectivity index (χ0n) is 17.0. The zero-order valence-corrected chi connectivity index (χ0v) is 19.3. The summed E-state index contributed by atoms with van der Waals surface area (Å²) in [5.74, 6) is 1.17. The Morgan fingerprint density at radius 1 is 1.07 bits per heavy atom. The number of nitrogens with one attached hydrogen (secondary N) is 3. The van der Waals surface area contributed by atoms with Gasteiger partial charge in [-0.2, -0.15) is 0 Å². The summed E-state index contributed by atoms with van der Waals surface area (Å²) in [6, 6.07) is 10.2. The molecule has 27 heavy (non-hydrogen) atoms. The minimum atomic E-state index is 0. The molecule has 0 saturated carbocycles. The average Bonchev–Trinajstić information content (AvgIpc) is 2.63. The third kappa shape index (κ3) is 12.6. The van der Waals surface area contributed by atoms with E-state index in [4.69, 9.17) is 4.74 Å². The molecule has 3 N–H and O–H groups in total. The standard InChI is InChI=1S/C20H34N4O2.HI/c1-5-21-20(23-12-11-22-19(25)16(2)3)24-13-17(4)14-26-15-18-9-7-6-8-10-18;/h6-10,16-17H,5,11-15H2,1-4H3,(H,22,25)(H2,21,23,24);1H. The van der Waals surface area contributed by atoms with Crippen molar-refractivity contribution >= 4 is 35.8 Å². The summed E-state index contributed by atoms with van der Waals surface area (Å²) in [5, 5.41) is 9.34. The van der Waals surface area contributed by atoms with Crippen LogP contribution in [0.15, 0.2) is 35.3 Å². The normalized spacial score (nSPS) is 12.3. The van der Waals surface area contributed by atoms with E-state index in [2.05, 4.69) is 40.0 Å². The Labute approximate surface area is 181 Å². The molecular formula is C20H35IN4O2. The fourth-order valence-corrected chi connectivity index (χ4v) is 2.16. The van der Waals surface area contributed by atoms with E-state index in [9.17, 15) is 4.79 Å². The summed E-state index contributed by atoms with van der Waals surface area (Å²) in [5.41, 5.74) is 1.18. The van der Waals surface area contributed by atoms with Crippen LogP contribution in [-0.2, 0) is 16.1 Å². The van der Waals surface area contributed by atoms with Gasteiger partial charge in [0.25, 0.3) is 0 Å². The molecule has 1 aromatic carbocycles. The molecule has 0 aromatic heterocycles. The Kier molecular flexibility index (Phi) is 14.9. The molecule has 6 nitrogen and oxygen atoms in total. The maximum absolute atomic E-state index is 11.5. The molecule has 0 radical (unpaired) electrons. The molecule has 0 aliphatic rings. The highest BCUT2D eigenvalue weighted by molar-refractivity contribution is 14.0. The van der Waals surface area contributed by atoms with Crippen molar-refractivity contribution in [2.24, 2.45) is 16.8 Å². The van der Waals surface area contributed by atoms with Gasteiger partial charge in [-0.05, 0) is 18.4 Å². The number of hydrogen-bond donors (Lipinski definition) is 3. The number of hydrogen-bond acceptors (Lipinski definition) is 3. The molecule has 0 fully saturated rings. The van der Waals surface area contributed by atoms with Gasteiger partial charge >= 0.3 is 0 Å². The van der Waals surface area contributed by atoms with Crippen molar-refractivity contribution in [3.05, 3.63) is 35.9 Å². The van der Waals surface area contributed by atoms with Crippen molar-refractivity contribution in [3.8, 4) is 0 Å². The molecular weight excluding hydrogens is 455 g/mol. The molecule has 7 heteroatoms. The van der Waals surface area contributed by atoms with Crippen LogP contribution in [0, 0.1) is 11.8 Å². The van der Waals surface area contributed by atoms with Crippen molar-refractivity contribution in [1.82, 2.24) is 16.0 Å². The van der Waals surface area contributed by atoms with Crippen molar-refractivity contribution in [1.29, 1.82) is 0 Å². The smallest absolute Gasteiger partial charge is 0.222 e. The number of aliphatic imine (C=N–C) groups is 1. The van der Waals surface area contributed by atoms with Crippen LogP contribution in [-0.4, -0.2) is 44.7 Å². The zero-order chi connectivity index (χ0) is 19.2. The number of guanidine groups is 1. The Morgan fingerprint density at radius 2 is 1.74 bits per heavy atom. The Bertz CT molecular complexity index is 538. The molecule has 1 amide bonds. The number of nitrogens with zero attached hydrogens (tertiary/aromatic N) is 1. The number of rotatable bonds is 11. The van der Waals surface area contributed by atoms with E-state index in [0.29, 0.717) is 38.8 Å². The first-order chi connectivity index (χ1) is 12.5. The fourth-order valence-electron chi connectivity index (χ4n) is 2.16. The van der Waals surface area contributed by atoms with Gasteiger partial charge in [0.2, 0.25) is 5.91 Å². The quantitative estimate of drug-likeness (QED) is 0.193. The second-order valence-electron chi connectivity index (χ2n) is 6.70. The molecule has 0 aliphatic heterocycles. The van der Waals surface area contributed by atoms with Gasteiger partial charge in [-0.1, -0.05) is 51.1 Å². The SMILES string of the molecule is CCNC(=NCC(C)COCc1ccccc1)NCCNC(=O)C(C)C.I. The number of halogens is 1. The van der Waals surface area contributed by atoms with E-state index in [-0.39, 0.29) is 35.8 Å². The summed E-state index contributed by atoms with van der Waals surface area (Å²) in [6.45, 7) is 11.9. The minimum absolute atomic E-state index is 0. The van der Waals surface area contributed by atoms with Gasteiger partial charge in [0.1, 0.15) is 0 Å². The van der Waals surface area contributed by atoms with E-state index in [0.717, 1.165) is 12.5 Å². The highest BCUT2D eigenvalue weighted by Crippen LogP contribution is 2.03. The van der Waals surface area contributed by atoms with E-state index in [1.165, 1.54) is 5.56 Å². The van der Waals surface area contributed by atoms with Gasteiger partial charge in [-0.3, -0.25) is 9.79 Å². The van der Waals surface area contributed by atoms with Gasteiger partial charge in [-0.25, -0.2) is 0 Å². The van der Waals surface area contributed by atoms with Crippen molar-refractivity contribution < 1.29 is 9.53 Å². The average molecular weight is 490 g/mol. The molecule has 0 saturated heterocycles. The van der Waals surface area contributed by atoms with Gasteiger partial charge in [0.15, 0.2) is 5.96 Å². The van der Waals surface area contributed by atoms with Crippen LogP contribution >= 0.6 is 24.0 Å². The monoisotopic (exact) mass is 490 g/mol. The van der Waals surface area contributed by atoms with Crippen molar-refractivity contribution in [2.75, 3.05) is 32.8 Å². The number of ether oxygens (including phenoxy) is 1. The number of benzene rings is 1. The first-order valence-electron chi connectivity index (χ1n) is 9.44. The van der Waals surface area contributed by atoms with Crippen LogP contribution in [0.4, 0.5) is 0 Å². The highest BCUT2D eigenvalue weighted by Gasteiger charge is 2.06. The number of carbonyl (C=O) groups is 1. The third-order valence-corrected chi connectivity index (χ3v) is 3.66. The topological polar surface area (TPSA) is 74.8 Å². The van der Waals surface area contributed by atoms with Crippen LogP contribution in [0.1, 0.15) is 33.3 Å². The van der Waals surface area contributed by atoms with Crippen LogP contribution < -0.4 is 16.0 Å². The molecule has 1 aromatic rings. The lowest BCUT2D eigenvalue weighted by Crippen LogP contribution is -2.42. The largest absolute Gasteiger partial charge is 0.376 e. The molecule has 0 spiro atoms. The van der Waals surface area contributed by atoms with Crippen LogP contribution in [0.25, 0.3) is 0 Å². The molecule has 1 rings (SSSR count). The molecule has 0 heterocycles. The summed E-state index contributed by atoms with van der Waals surface area (Å²) in [4.78, 5) is 16.1. The summed E-state index contributed by atoms with van der Waals surface area (Å²) in [6.07, 6.45) is 0. The van der Waals surface area contributed by atoms with Gasteiger partial charge < -0.3 is 20.7 Å². The summed E-state index contributed by atoms with van der Waals surface area (Å²) >= 11 is 0. The summed E-state index contributed by atoms with van der Waals surface area (Å²) < 4.78 is 5.76. The lowest BCUT2D eigenvalue weighted by molar-refractivity contribution is -0.123. The van der Waals surface area contributed by atoms with Crippen LogP contribution in [0.3, 0.4) is 0 Å². The van der Waals surface area contributed by atoms with Gasteiger partial charge in [0.05, 0.1) is 13.2 Å². The molecule has 1 atom stereocenters. The maximum Gasteiger partial charge on any atom is 0.222 e. The first kappa shape index (κ1) is 25.6. The maximum atomic E-state index is 11.5. The predicted octanol–water partition coefficient (Wildman–Crippen LogP) is 2.78. The third-order valence-electron chi connectivity index (χ3n) is 3.66. The lowest BCUT2D eigenvalue weighted by atomic mass is 10.2. The van der Waals surface area contributed by atoms with E-state index < -0.39 is 0 Å². The fraction of sp³-hybridized carbons (Fsp3) is 0.600. The predicted molar refractivity (Wildman–Crippen MR) is 123 cm³/mol. The van der Waals surface area contributed by atoms with E-state index in [1.807, 2.05) is 39.0 Å². The number of amides is 1. The Balaban J connectivity index is 0.00000676. The second kappa shape index (κ2) is 15.7. The molecule has 154 valence electrons. The molecule has 0 aliphatic carbocycles. The van der Waals surface area contributed by atoms with Crippen LogP contribution in [0.5, 0.6) is 0 Å². The minimum Gasteiger partial charge on any atom is -0.376 e.